The maximum atomic E-state index is 13.5. The van der Waals surface area contributed by atoms with Gasteiger partial charge in [-0.3, -0.25) is 4.79 Å². The van der Waals surface area contributed by atoms with Crippen molar-refractivity contribution in [3.63, 3.8) is 0 Å². The number of sulfonamides is 1. The Bertz CT molecular complexity index is 605. The molecule has 0 bridgehead atoms. The van der Waals surface area contributed by atoms with Crippen LogP contribution < -0.4 is 10.5 Å². The number of amides is 1. The molecule has 7 heteroatoms. The Balaban J connectivity index is 3.01. The minimum Gasteiger partial charge on any atom is -0.320 e. The van der Waals surface area contributed by atoms with E-state index in [9.17, 15) is 17.6 Å². The van der Waals surface area contributed by atoms with Gasteiger partial charge in [0.2, 0.25) is 15.9 Å². The molecule has 0 aliphatic rings. The summed E-state index contributed by atoms with van der Waals surface area (Å²) in [6.45, 7) is 3.44. The van der Waals surface area contributed by atoms with Crippen molar-refractivity contribution in [2.75, 3.05) is 5.32 Å². The Kier molecular flexibility index (Phi) is 4.20. The number of carbonyl (C=O) groups is 1. The van der Waals surface area contributed by atoms with E-state index >= 15 is 0 Å². The van der Waals surface area contributed by atoms with Gasteiger partial charge in [-0.25, -0.2) is 17.9 Å². The minimum atomic E-state index is -3.95. The van der Waals surface area contributed by atoms with E-state index in [0.29, 0.717) is 0 Å². The molecule has 98 valence electrons. The monoisotopic (exact) mass is 272 g/mol. The molecular formula is C11H13FN2O3S. The van der Waals surface area contributed by atoms with E-state index < -0.39 is 21.7 Å². The van der Waals surface area contributed by atoms with Crippen LogP contribution in [-0.4, -0.2) is 14.3 Å². The number of nitrogens with one attached hydrogen (secondary N) is 1. The lowest BCUT2D eigenvalue weighted by molar-refractivity contribution is -0.112. The number of allylic oxidation sites excluding steroid dienone is 1. The molecule has 1 amide bonds. The summed E-state index contributed by atoms with van der Waals surface area (Å²) in [4.78, 5) is 11.0. The van der Waals surface area contributed by atoms with Crippen molar-refractivity contribution in [3.05, 3.63) is 35.7 Å². The molecule has 3 N–H and O–H groups in total. The summed E-state index contributed by atoms with van der Waals surface area (Å²) in [5.74, 6) is -1.35. The predicted molar refractivity (Wildman–Crippen MR) is 65.8 cm³/mol. The van der Waals surface area contributed by atoms with Crippen molar-refractivity contribution in [3.8, 4) is 0 Å². The van der Waals surface area contributed by atoms with E-state index in [4.69, 9.17) is 5.14 Å². The van der Waals surface area contributed by atoms with Crippen molar-refractivity contribution in [2.24, 2.45) is 5.14 Å². The van der Waals surface area contributed by atoms with Crippen LogP contribution in [0.3, 0.4) is 0 Å². The highest BCUT2D eigenvalue weighted by atomic mass is 32.2. The molecule has 0 unspecified atom stereocenters. The van der Waals surface area contributed by atoms with E-state index in [0.717, 1.165) is 23.8 Å². The molecule has 0 heterocycles. The van der Waals surface area contributed by atoms with E-state index in [1.807, 2.05) is 0 Å². The molecule has 0 aliphatic carbocycles. The number of benzene rings is 1. The van der Waals surface area contributed by atoms with Crippen LogP contribution in [0.2, 0.25) is 0 Å². The fourth-order valence-corrected chi connectivity index (χ4v) is 1.73. The Morgan fingerprint density at radius 3 is 2.44 bits per heavy atom. The smallest absolute Gasteiger partial charge is 0.248 e. The second kappa shape index (κ2) is 5.28. The first-order valence-electron chi connectivity index (χ1n) is 4.98. The Morgan fingerprint density at radius 1 is 1.39 bits per heavy atom. The van der Waals surface area contributed by atoms with Gasteiger partial charge in [0, 0.05) is 6.08 Å². The molecule has 1 rings (SSSR count). The molecule has 0 saturated carbocycles. The lowest BCUT2D eigenvalue weighted by Crippen LogP contribution is -2.14. The summed E-state index contributed by atoms with van der Waals surface area (Å²) in [6.07, 6.45) is 1.30. The largest absolute Gasteiger partial charge is 0.320 e. The van der Waals surface area contributed by atoms with Crippen LogP contribution >= 0.6 is 0 Å². The van der Waals surface area contributed by atoms with Crippen LogP contribution in [0.4, 0.5) is 10.1 Å². The van der Waals surface area contributed by atoms with Crippen LogP contribution in [0.1, 0.15) is 13.8 Å². The number of halogens is 1. The van der Waals surface area contributed by atoms with Crippen LogP contribution in [0.25, 0.3) is 0 Å². The summed E-state index contributed by atoms with van der Waals surface area (Å²) in [5.41, 5.74) is 0.652. The number of rotatable bonds is 3. The van der Waals surface area contributed by atoms with Gasteiger partial charge in [0.25, 0.3) is 0 Å². The zero-order chi connectivity index (χ0) is 13.9. The van der Waals surface area contributed by atoms with Gasteiger partial charge >= 0.3 is 0 Å². The fraction of sp³-hybridized carbons (Fsp3) is 0.182. The third-order valence-electron chi connectivity index (χ3n) is 1.95. The van der Waals surface area contributed by atoms with Gasteiger partial charge in [-0.05, 0) is 32.0 Å². The summed E-state index contributed by atoms with van der Waals surface area (Å²) in [6, 6.07) is 3.02. The lowest BCUT2D eigenvalue weighted by atomic mass is 10.3. The number of hydrogen-bond acceptors (Lipinski definition) is 3. The first-order chi connectivity index (χ1) is 8.20. The van der Waals surface area contributed by atoms with Crippen molar-refractivity contribution in [1.29, 1.82) is 0 Å². The van der Waals surface area contributed by atoms with E-state index in [1.165, 1.54) is 6.08 Å². The molecule has 5 nitrogen and oxygen atoms in total. The molecule has 1 aromatic carbocycles. The Hall–Kier alpha value is -1.73. The zero-order valence-electron chi connectivity index (χ0n) is 9.90. The third kappa shape index (κ3) is 3.94. The van der Waals surface area contributed by atoms with Crippen LogP contribution in [0, 0.1) is 5.82 Å². The number of hydrogen-bond donors (Lipinski definition) is 2. The average molecular weight is 272 g/mol. The standard InChI is InChI=1S/C11H13FN2O3S/c1-7(2)5-11(15)14-10-4-3-8(6-9(10)12)18(13,16)17/h3-6H,1-2H3,(H,14,15)(H2,13,16,17). The van der Waals surface area contributed by atoms with Crippen LogP contribution in [0.15, 0.2) is 34.7 Å². The third-order valence-corrected chi connectivity index (χ3v) is 2.86. The summed E-state index contributed by atoms with van der Waals surface area (Å²) in [7, 11) is -3.95. The van der Waals surface area contributed by atoms with Gasteiger partial charge in [0.05, 0.1) is 10.6 Å². The van der Waals surface area contributed by atoms with E-state index in [2.05, 4.69) is 5.32 Å². The van der Waals surface area contributed by atoms with Gasteiger partial charge < -0.3 is 5.32 Å². The topological polar surface area (TPSA) is 89.3 Å². The molecular weight excluding hydrogens is 259 g/mol. The Morgan fingerprint density at radius 2 is 2.00 bits per heavy atom. The first-order valence-corrected chi connectivity index (χ1v) is 6.53. The maximum absolute atomic E-state index is 13.5. The molecule has 0 aromatic heterocycles. The van der Waals surface area contributed by atoms with Crippen LogP contribution in [-0.2, 0) is 14.8 Å². The van der Waals surface area contributed by atoms with Gasteiger partial charge in [-0.15, -0.1) is 0 Å². The van der Waals surface area contributed by atoms with E-state index in [-0.39, 0.29) is 10.6 Å². The summed E-state index contributed by atoms with van der Waals surface area (Å²) >= 11 is 0. The second-order valence-corrected chi connectivity index (χ2v) is 5.46. The minimum absolute atomic E-state index is 0.107. The normalized spacial score (nSPS) is 10.9. The van der Waals surface area contributed by atoms with Crippen molar-refractivity contribution >= 4 is 21.6 Å². The number of primary sulfonamides is 1. The molecule has 0 radical (unpaired) electrons. The van der Waals surface area contributed by atoms with Gasteiger partial charge in [-0.1, -0.05) is 5.57 Å². The number of anilines is 1. The lowest BCUT2D eigenvalue weighted by Gasteiger charge is -2.05. The zero-order valence-corrected chi connectivity index (χ0v) is 10.7. The highest BCUT2D eigenvalue weighted by Gasteiger charge is 2.12. The molecule has 0 spiro atoms. The summed E-state index contributed by atoms with van der Waals surface area (Å²) < 4.78 is 35.5. The molecule has 18 heavy (non-hydrogen) atoms. The first kappa shape index (κ1) is 14.3. The SMILES string of the molecule is CC(C)=CC(=O)Nc1ccc(S(N)(=O)=O)cc1F. The quantitative estimate of drug-likeness (QED) is 0.814. The van der Waals surface area contributed by atoms with Crippen LogP contribution in [0.5, 0.6) is 0 Å². The highest BCUT2D eigenvalue weighted by molar-refractivity contribution is 7.89. The van der Waals surface area contributed by atoms with Gasteiger partial charge in [0.15, 0.2) is 0 Å². The molecule has 0 fully saturated rings. The molecule has 0 saturated heterocycles. The van der Waals surface area contributed by atoms with Gasteiger partial charge in [0.1, 0.15) is 5.82 Å². The molecule has 1 aromatic rings. The molecule has 0 atom stereocenters. The second-order valence-electron chi connectivity index (χ2n) is 3.90. The van der Waals surface area contributed by atoms with Crippen molar-refractivity contribution < 1.29 is 17.6 Å². The van der Waals surface area contributed by atoms with Crippen molar-refractivity contribution in [1.82, 2.24) is 0 Å². The highest BCUT2D eigenvalue weighted by Crippen LogP contribution is 2.18. The number of nitrogens with two attached hydrogens (primary N) is 1. The molecule has 0 aliphatic heterocycles. The maximum Gasteiger partial charge on any atom is 0.248 e. The predicted octanol–water partition coefficient (Wildman–Crippen LogP) is 1.38. The summed E-state index contributed by atoms with van der Waals surface area (Å²) in [5, 5.41) is 7.15. The van der Waals surface area contributed by atoms with E-state index in [1.54, 1.807) is 13.8 Å². The van der Waals surface area contributed by atoms with Crippen molar-refractivity contribution in [2.45, 2.75) is 18.7 Å². The number of carbonyl (C=O) groups excluding carboxylic acids is 1. The van der Waals surface area contributed by atoms with Gasteiger partial charge in [-0.2, -0.15) is 0 Å². The Labute approximate surface area is 105 Å². The fourth-order valence-electron chi connectivity index (χ4n) is 1.21. The average Bonchev–Trinajstić information content (AvgIpc) is 2.18.